The number of anilines is 2. The van der Waals surface area contributed by atoms with Crippen LogP contribution in [0.5, 0.6) is 0 Å². The van der Waals surface area contributed by atoms with Crippen LogP contribution in [0.15, 0.2) is 18.2 Å². The summed E-state index contributed by atoms with van der Waals surface area (Å²) < 4.78 is 24.9. The van der Waals surface area contributed by atoms with Crippen molar-refractivity contribution in [2.75, 3.05) is 22.4 Å². The van der Waals surface area contributed by atoms with Crippen molar-refractivity contribution in [3.63, 3.8) is 0 Å². The maximum absolute atomic E-state index is 12.5. The average Bonchev–Trinajstić information content (AvgIpc) is 3.08. The maximum Gasteiger partial charge on any atom is 0.256 e. The molecule has 2 heterocycles. The number of benzene rings is 1. The van der Waals surface area contributed by atoms with E-state index in [1.54, 1.807) is 18.2 Å². The minimum Gasteiger partial charge on any atom is -0.312 e. The molecular formula is C17H17N3O3S2. The third-order valence-corrected chi connectivity index (χ3v) is 6.62. The Hall–Kier alpha value is -2.37. The summed E-state index contributed by atoms with van der Waals surface area (Å²) >= 11 is 1.38. The van der Waals surface area contributed by atoms with Crippen LogP contribution >= 0.6 is 11.3 Å². The zero-order valence-electron chi connectivity index (χ0n) is 14.1. The van der Waals surface area contributed by atoms with Crippen LogP contribution in [0.1, 0.15) is 31.9 Å². The monoisotopic (exact) mass is 375 g/mol. The zero-order chi connectivity index (χ0) is 18.4. The molecule has 0 bridgehead atoms. The van der Waals surface area contributed by atoms with Gasteiger partial charge in [-0.05, 0) is 49.6 Å². The van der Waals surface area contributed by atoms with E-state index in [4.69, 9.17) is 0 Å². The first-order chi connectivity index (χ1) is 11.7. The van der Waals surface area contributed by atoms with Crippen LogP contribution in [0.2, 0.25) is 0 Å². The molecule has 6 nitrogen and oxygen atoms in total. The molecule has 0 atom stereocenters. The van der Waals surface area contributed by atoms with Gasteiger partial charge >= 0.3 is 0 Å². The summed E-state index contributed by atoms with van der Waals surface area (Å²) in [6, 6.07) is 7.11. The SMILES string of the molecule is Cc1sc(NC(=O)c2ccc3c(c2)CCN3S(C)(=O)=O)c(C#N)c1C. The molecule has 2 aromatic rings. The molecule has 8 heteroatoms. The lowest BCUT2D eigenvalue weighted by atomic mass is 10.1. The quantitative estimate of drug-likeness (QED) is 0.893. The molecule has 25 heavy (non-hydrogen) atoms. The Labute approximate surface area is 150 Å². The Morgan fingerprint density at radius 1 is 1.36 bits per heavy atom. The van der Waals surface area contributed by atoms with E-state index in [1.807, 2.05) is 13.8 Å². The van der Waals surface area contributed by atoms with Crippen LogP contribution in [0.4, 0.5) is 10.7 Å². The van der Waals surface area contributed by atoms with Crippen molar-refractivity contribution >= 4 is 38.0 Å². The second kappa shape index (κ2) is 6.17. The Morgan fingerprint density at radius 2 is 2.08 bits per heavy atom. The van der Waals surface area contributed by atoms with E-state index in [0.717, 1.165) is 16.0 Å². The molecule has 1 amide bonds. The fraction of sp³-hybridized carbons (Fsp3) is 0.294. The molecule has 0 saturated heterocycles. The molecule has 0 unspecified atom stereocenters. The lowest BCUT2D eigenvalue weighted by Gasteiger charge is -2.16. The van der Waals surface area contributed by atoms with Gasteiger partial charge in [0.1, 0.15) is 11.1 Å². The molecule has 130 valence electrons. The van der Waals surface area contributed by atoms with E-state index in [1.165, 1.54) is 21.9 Å². The molecule has 0 saturated carbocycles. The van der Waals surface area contributed by atoms with E-state index in [0.29, 0.717) is 34.8 Å². The number of aryl methyl sites for hydroxylation is 1. The van der Waals surface area contributed by atoms with Gasteiger partial charge in [0.15, 0.2) is 0 Å². The van der Waals surface area contributed by atoms with Crippen molar-refractivity contribution in [2.24, 2.45) is 0 Å². The fourth-order valence-corrected chi connectivity index (χ4v) is 4.85. The van der Waals surface area contributed by atoms with Crippen molar-refractivity contribution in [1.82, 2.24) is 0 Å². The summed E-state index contributed by atoms with van der Waals surface area (Å²) in [5.74, 6) is -0.307. The molecule has 1 aromatic carbocycles. The third-order valence-electron chi connectivity index (χ3n) is 4.32. The number of amides is 1. The summed E-state index contributed by atoms with van der Waals surface area (Å²) in [7, 11) is -3.31. The first-order valence-electron chi connectivity index (χ1n) is 7.64. The highest BCUT2D eigenvalue weighted by atomic mass is 32.2. The molecule has 0 spiro atoms. The number of thiophene rings is 1. The van der Waals surface area contributed by atoms with E-state index < -0.39 is 10.0 Å². The van der Waals surface area contributed by atoms with Gasteiger partial charge in [0.05, 0.1) is 17.5 Å². The molecule has 0 fully saturated rings. The van der Waals surface area contributed by atoms with Crippen molar-refractivity contribution in [1.29, 1.82) is 5.26 Å². The summed E-state index contributed by atoms with van der Waals surface area (Å²) in [5.41, 5.74) is 3.26. The van der Waals surface area contributed by atoms with Crippen LogP contribution < -0.4 is 9.62 Å². The highest BCUT2D eigenvalue weighted by Crippen LogP contribution is 2.33. The predicted molar refractivity (Wildman–Crippen MR) is 98.8 cm³/mol. The smallest absolute Gasteiger partial charge is 0.256 e. The van der Waals surface area contributed by atoms with Gasteiger partial charge in [-0.3, -0.25) is 9.10 Å². The number of carbonyl (C=O) groups excluding carboxylic acids is 1. The van der Waals surface area contributed by atoms with Crippen LogP contribution in [-0.4, -0.2) is 27.1 Å². The Kier molecular flexibility index (Phi) is 4.31. The van der Waals surface area contributed by atoms with Gasteiger partial charge in [-0.15, -0.1) is 11.3 Å². The van der Waals surface area contributed by atoms with Gasteiger partial charge in [-0.2, -0.15) is 5.26 Å². The van der Waals surface area contributed by atoms with Gasteiger partial charge in [0.25, 0.3) is 5.91 Å². The van der Waals surface area contributed by atoms with Crippen LogP contribution in [0, 0.1) is 25.2 Å². The van der Waals surface area contributed by atoms with Crippen molar-refractivity contribution < 1.29 is 13.2 Å². The largest absolute Gasteiger partial charge is 0.312 e. The van der Waals surface area contributed by atoms with Gasteiger partial charge < -0.3 is 5.32 Å². The van der Waals surface area contributed by atoms with E-state index in [-0.39, 0.29) is 5.91 Å². The number of fused-ring (bicyclic) bond motifs is 1. The minimum atomic E-state index is -3.31. The molecule has 1 aliphatic rings. The van der Waals surface area contributed by atoms with Crippen LogP contribution in [0.3, 0.4) is 0 Å². The summed E-state index contributed by atoms with van der Waals surface area (Å²) in [6.45, 7) is 4.15. The molecule has 0 aliphatic carbocycles. The second-order valence-corrected chi connectivity index (χ2v) is 9.11. The van der Waals surface area contributed by atoms with Gasteiger partial charge in [0, 0.05) is 17.0 Å². The summed E-state index contributed by atoms with van der Waals surface area (Å²) in [6.07, 6.45) is 1.75. The predicted octanol–water partition coefficient (Wildman–Crippen LogP) is 2.81. The highest BCUT2D eigenvalue weighted by molar-refractivity contribution is 7.92. The van der Waals surface area contributed by atoms with Crippen molar-refractivity contribution in [3.05, 3.63) is 45.3 Å². The lowest BCUT2D eigenvalue weighted by Crippen LogP contribution is -2.27. The number of nitrogens with one attached hydrogen (secondary N) is 1. The van der Waals surface area contributed by atoms with E-state index >= 15 is 0 Å². The van der Waals surface area contributed by atoms with Crippen LogP contribution in [-0.2, 0) is 16.4 Å². The summed E-state index contributed by atoms with van der Waals surface area (Å²) in [5, 5.41) is 12.6. The minimum absolute atomic E-state index is 0.307. The number of carbonyl (C=O) groups is 1. The van der Waals surface area contributed by atoms with Gasteiger partial charge in [-0.25, -0.2) is 8.42 Å². The molecule has 1 aliphatic heterocycles. The molecule has 1 aromatic heterocycles. The normalized spacial score (nSPS) is 13.4. The number of sulfonamides is 1. The highest BCUT2D eigenvalue weighted by Gasteiger charge is 2.27. The molecule has 3 rings (SSSR count). The molecular weight excluding hydrogens is 358 g/mol. The number of nitriles is 1. The number of hydrogen-bond donors (Lipinski definition) is 1. The standard InChI is InChI=1S/C17H17N3O3S2/c1-10-11(2)24-17(14(10)9-18)19-16(21)13-4-5-15-12(8-13)6-7-20(15)25(3,22)23/h4-5,8H,6-7H2,1-3H3,(H,19,21). The number of nitrogens with zero attached hydrogens (tertiary/aromatic N) is 2. The van der Waals surface area contributed by atoms with Crippen molar-refractivity contribution in [3.8, 4) is 6.07 Å². The average molecular weight is 375 g/mol. The fourth-order valence-electron chi connectivity index (χ4n) is 2.88. The van der Waals surface area contributed by atoms with Gasteiger partial charge in [-0.1, -0.05) is 0 Å². The van der Waals surface area contributed by atoms with Crippen molar-refractivity contribution in [2.45, 2.75) is 20.3 Å². The topological polar surface area (TPSA) is 90.3 Å². The zero-order valence-corrected chi connectivity index (χ0v) is 15.7. The Balaban J connectivity index is 1.88. The first-order valence-corrected chi connectivity index (χ1v) is 10.3. The molecule has 1 N–H and O–H groups in total. The first kappa shape index (κ1) is 17.5. The third kappa shape index (κ3) is 3.13. The second-order valence-electron chi connectivity index (χ2n) is 5.98. The van der Waals surface area contributed by atoms with E-state index in [9.17, 15) is 18.5 Å². The Morgan fingerprint density at radius 3 is 2.72 bits per heavy atom. The Bertz CT molecular complexity index is 1020. The number of hydrogen-bond acceptors (Lipinski definition) is 5. The van der Waals surface area contributed by atoms with Crippen LogP contribution in [0.25, 0.3) is 0 Å². The number of rotatable bonds is 3. The maximum atomic E-state index is 12.5. The summed E-state index contributed by atoms with van der Waals surface area (Å²) in [4.78, 5) is 13.5. The van der Waals surface area contributed by atoms with E-state index in [2.05, 4.69) is 11.4 Å². The molecule has 0 radical (unpaired) electrons. The van der Waals surface area contributed by atoms with Gasteiger partial charge in [0.2, 0.25) is 10.0 Å². The lowest BCUT2D eigenvalue weighted by molar-refractivity contribution is 0.102.